The monoisotopic (exact) mass is 261 g/mol. The van der Waals surface area contributed by atoms with Crippen molar-refractivity contribution < 1.29 is 4.39 Å². The fourth-order valence-electron chi connectivity index (χ4n) is 1.93. The second kappa shape index (κ2) is 5.13. The summed E-state index contributed by atoms with van der Waals surface area (Å²) in [5.41, 5.74) is 1.45. The summed E-state index contributed by atoms with van der Waals surface area (Å²) in [5.74, 6) is 0.657. The molecule has 1 N–H and O–H groups in total. The van der Waals surface area contributed by atoms with Crippen molar-refractivity contribution in [3.63, 3.8) is 0 Å². The van der Waals surface area contributed by atoms with Gasteiger partial charge in [-0.1, -0.05) is 6.07 Å². The van der Waals surface area contributed by atoms with E-state index in [1.807, 2.05) is 23.8 Å². The molecule has 0 aliphatic carbocycles. The fraction of sp³-hybridized carbons (Fsp3) is 0.400. The van der Waals surface area contributed by atoms with E-state index in [0.717, 1.165) is 11.5 Å². The number of rotatable bonds is 3. The van der Waals surface area contributed by atoms with Crippen LogP contribution in [0.3, 0.4) is 0 Å². The Morgan fingerprint density at radius 1 is 1.32 bits per heavy atom. The molecule has 2 aromatic rings. The van der Waals surface area contributed by atoms with Crippen molar-refractivity contribution >= 4 is 0 Å². The highest BCUT2D eigenvalue weighted by atomic mass is 19.1. The number of aromatic nitrogens is 2. The fourth-order valence-corrected chi connectivity index (χ4v) is 1.93. The first-order chi connectivity index (χ1) is 8.88. The van der Waals surface area contributed by atoms with Crippen LogP contribution in [0.2, 0.25) is 0 Å². The van der Waals surface area contributed by atoms with Crippen LogP contribution in [0.15, 0.2) is 30.6 Å². The van der Waals surface area contributed by atoms with Crippen molar-refractivity contribution in [2.45, 2.75) is 39.8 Å². The van der Waals surface area contributed by atoms with Gasteiger partial charge in [-0.15, -0.1) is 0 Å². The van der Waals surface area contributed by atoms with Gasteiger partial charge in [-0.05, 0) is 39.8 Å². The predicted octanol–water partition coefficient (Wildman–Crippen LogP) is 3.21. The average molecular weight is 261 g/mol. The number of hydrogen-bond acceptors (Lipinski definition) is 2. The van der Waals surface area contributed by atoms with Gasteiger partial charge in [-0.3, -0.25) is 0 Å². The van der Waals surface area contributed by atoms with E-state index in [1.165, 1.54) is 6.07 Å². The van der Waals surface area contributed by atoms with Crippen LogP contribution in [0.1, 0.15) is 32.2 Å². The number of nitrogens with one attached hydrogen (secondary N) is 1. The summed E-state index contributed by atoms with van der Waals surface area (Å²) in [6.45, 7) is 8.59. The largest absolute Gasteiger partial charge is 0.308 e. The van der Waals surface area contributed by atoms with Crippen molar-refractivity contribution in [3.8, 4) is 5.69 Å². The Hall–Kier alpha value is -1.68. The van der Waals surface area contributed by atoms with E-state index >= 15 is 0 Å². The number of benzene rings is 1. The minimum atomic E-state index is -0.192. The summed E-state index contributed by atoms with van der Waals surface area (Å²) in [6.07, 6.45) is 3.58. The molecule has 3 nitrogen and oxygen atoms in total. The topological polar surface area (TPSA) is 29.9 Å². The highest BCUT2D eigenvalue weighted by Crippen LogP contribution is 2.20. The van der Waals surface area contributed by atoms with Crippen LogP contribution in [0.4, 0.5) is 4.39 Å². The molecular weight excluding hydrogens is 241 g/mol. The molecule has 1 aromatic carbocycles. The van der Waals surface area contributed by atoms with E-state index in [-0.39, 0.29) is 11.4 Å². The van der Waals surface area contributed by atoms with Crippen LogP contribution in [-0.4, -0.2) is 15.1 Å². The lowest BCUT2D eigenvalue weighted by molar-refractivity contribution is 0.418. The number of imidazole rings is 1. The lowest BCUT2D eigenvalue weighted by Crippen LogP contribution is -2.35. The van der Waals surface area contributed by atoms with Crippen molar-refractivity contribution in [2.75, 3.05) is 0 Å². The summed E-state index contributed by atoms with van der Waals surface area (Å²) >= 11 is 0. The molecule has 1 aromatic heterocycles. The van der Waals surface area contributed by atoms with E-state index in [2.05, 4.69) is 31.1 Å². The van der Waals surface area contributed by atoms with Crippen LogP contribution < -0.4 is 5.32 Å². The second-order valence-electron chi connectivity index (χ2n) is 5.69. The molecule has 2 rings (SSSR count). The Balaban J connectivity index is 2.40. The molecule has 102 valence electrons. The molecule has 0 atom stereocenters. The van der Waals surface area contributed by atoms with Gasteiger partial charge in [-0.25, -0.2) is 9.37 Å². The van der Waals surface area contributed by atoms with Crippen molar-refractivity contribution in [1.29, 1.82) is 0 Å². The maximum Gasteiger partial charge on any atom is 0.129 e. The molecule has 0 saturated heterocycles. The highest BCUT2D eigenvalue weighted by Gasteiger charge is 2.15. The van der Waals surface area contributed by atoms with Gasteiger partial charge < -0.3 is 9.88 Å². The van der Waals surface area contributed by atoms with Crippen molar-refractivity contribution in [3.05, 3.63) is 47.8 Å². The Bertz CT molecular complexity index is 567. The lowest BCUT2D eigenvalue weighted by atomic mass is 10.1. The van der Waals surface area contributed by atoms with E-state index < -0.39 is 0 Å². The number of aryl methyl sites for hydroxylation is 1. The van der Waals surface area contributed by atoms with Crippen LogP contribution >= 0.6 is 0 Å². The predicted molar refractivity (Wildman–Crippen MR) is 74.9 cm³/mol. The van der Waals surface area contributed by atoms with Gasteiger partial charge >= 0.3 is 0 Å². The molecule has 0 fully saturated rings. The van der Waals surface area contributed by atoms with Crippen LogP contribution in [0.25, 0.3) is 5.69 Å². The molecule has 0 radical (unpaired) electrons. The van der Waals surface area contributed by atoms with Gasteiger partial charge in [0.05, 0.1) is 5.69 Å². The summed E-state index contributed by atoms with van der Waals surface area (Å²) in [5, 5.41) is 3.33. The molecule has 0 amide bonds. The first kappa shape index (κ1) is 13.7. The zero-order valence-electron chi connectivity index (χ0n) is 11.9. The molecular formula is C15H20FN3. The quantitative estimate of drug-likeness (QED) is 0.919. The van der Waals surface area contributed by atoms with Crippen molar-refractivity contribution in [2.24, 2.45) is 0 Å². The van der Waals surface area contributed by atoms with Crippen LogP contribution in [0, 0.1) is 12.7 Å². The van der Waals surface area contributed by atoms with Crippen LogP contribution in [-0.2, 0) is 6.54 Å². The number of halogens is 1. The van der Waals surface area contributed by atoms with Gasteiger partial charge in [0.1, 0.15) is 11.6 Å². The summed E-state index contributed by atoms with van der Waals surface area (Å²) in [4.78, 5) is 4.19. The van der Waals surface area contributed by atoms with Crippen molar-refractivity contribution in [1.82, 2.24) is 14.9 Å². The average Bonchev–Trinajstić information content (AvgIpc) is 2.72. The zero-order valence-corrected chi connectivity index (χ0v) is 11.9. The normalized spacial score (nSPS) is 11.8. The third kappa shape index (κ3) is 3.20. The third-order valence-electron chi connectivity index (χ3n) is 2.97. The summed E-state index contributed by atoms with van der Waals surface area (Å²) < 4.78 is 16.0. The number of nitrogens with zero attached hydrogens (tertiary/aromatic N) is 2. The smallest absolute Gasteiger partial charge is 0.129 e. The number of hydrogen-bond donors (Lipinski definition) is 1. The van der Waals surface area contributed by atoms with Gasteiger partial charge in [0, 0.05) is 30.0 Å². The van der Waals surface area contributed by atoms with Gasteiger partial charge in [0.2, 0.25) is 0 Å². The zero-order chi connectivity index (χ0) is 14.0. The van der Waals surface area contributed by atoms with Crippen LogP contribution in [0.5, 0.6) is 0 Å². The molecule has 0 unspecified atom stereocenters. The summed E-state index contributed by atoms with van der Waals surface area (Å²) in [6, 6.07) is 5.14. The standard InChI is InChI=1S/C15H20FN3/c1-11-17-8-9-19(11)14-7-5-6-13(16)12(14)10-18-15(2,3)4/h5-9,18H,10H2,1-4H3. The molecule has 19 heavy (non-hydrogen) atoms. The molecule has 0 aliphatic rings. The minimum Gasteiger partial charge on any atom is -0.308 e. The maximum atomic E-state index is 14.1. The molecule has 0 aliphatic heterocycles. The van der Waals surface area contributed by atoms with E-state index in [0.29, 0.717) is 12.1 Å². The maximum absolute atomic E-state index is 14.1. The van der Waals surface area contributed by atoms with Gasteiger partial charge in [0.25, 0.3) is 0 Å². The SMILES string of the molecule is Cc1nccn1-c1cccc(F)c1CNC(C)(C)C. The lowest BCUT2D eigenvalue weighted by Gasteiger charge is -2.22. The molecule has 0 spiro atoms. The van der Waals surface area contributed by atoms with E-state index in [9.17, 15) is 4.39 Å². The third-order valence-corrected chi connectivity index (χ3v) is 2.97. The Morgan fingerprint density at radius 3 is 2.63 bits per heavy atom. The highest BCUT2D eigenvalue weighted by molar-refractivity contribution is 5.43. The Morgan fingerprint density at radius 2 is 2.05 bits per heavy atom. The first-order valence-corrected chi connectivity index (χ1v) is 6.41. The molecule has 0 bridgehead atoms. The van der Waals surface area contributed by atoms with E-state index in [1.54, 1.807) is 12.3 Å². The Kier molecular flexibility index (Phi) is 3.71. The minimum absolute atomic E-state index is 0.0520. The van der Waals surface area contributed by atoms with Gasteiger partial charge in [-0.2, -0.15) is 0 Å². The molecule has 4 heteroatoms. The summed E-state index contributed by atoms with van der Waals surface area (Å²) in [7, 11) is 0. The van der Waals surface area contributed by atoms with Gasteiger partial charge in [0.15, 0.2) is 0 Å². The first-order valence-electron chi connectivity index (χ1n) is 6.41. The molecule has 0 saturated carbocycles. The van der Waals surface area contributed by atoms with E-state index in [4.69, 9.17) is 0 Å². The Labute approximate surface area is 113 Å². The molecule has 1 heterocycles. The second-order valence-corrected chi connectivity index (χ2v) is 5.69.